The highest BCUT2D eigenvalue weighted by molar-refractivity contribution is 7.90. The maximum absolute atomic E-state index is 12.9. The van der Waals surface area contributed by atoms with Crippen LogP contribution in [0.15, 0.2) is 64.4 Å². The van der Waals surface area contributed by atoms with Crippen molar-refractivity contribution in [3.63, 3.8) is 0 Å². The fraction of sp³-hybridized carbons (Fsp3) is 0.409. The van der Waals surface area contributed by atoms with Crippen molar-refractivity contribution in [2.45, 2.75) is 42.0 Å². The predicted molar refractivity (Wildman–Crippen MR) is 119 cm³/mol. The lowest BCUT2D eigenvalue weighted by molar-refractivity contribution is -0.126. The van der Waals surface area contributed by atoms with Crippen molar-refractivity contribution in [2.75, 3.05) is 19.3 Å². The standard InChI is InChI=1S/C22H28N2O5S2/c1-3-21(17-11-13-19(14-12-17)30(2,26)27)23-22(25)18-8-7-15-24(16-18)31(28,29)20-9-5-4-6-10-20/h4-6,9-14,18,21H,3,7-8,15-16H2,1-2H3,(H,23,25)/t18-,21+/m0/s1. The molecule has 9 heteroatoms. The highest BCUT2D eigenvalue weighted by Gasteiger charge is 2.33. The van der Waals surface area contributed by atoms with Crippen LogP contribution in [0.1, 0.15) is 37.8 Å². The Morgan fingerprint density at radius 3 is 2.26 bits per heavy atom. The number of amides is 1. The monoisotopic (exact) mass is 464 g/mol. The van der Waals surface area contributed by atoms with E-state index in [2.05, 4.69) is 5.32 Å². The first kappa shape index (κ1) is 23.4. The molecule has 2 aromatic rings. The summed E-state index contributed by atoms with van der Waals surface area (Å²) in [5.41, 5.74) is 0.813. The van der Waals surface area contributed by atoms with E-state index in [4.69, 9.17) is 0 Å². The van der Waals surface area contributed by atoms with Crippen molar-refractivity contribution < 1.29 is 21.6 Å². The number of nitrogens with one attached hydrogen (secondary N) is 1. The summed E-state index contributed by atoms with van der Waals surface area (Å²) in [5, 5.41) is 3.01. The molecular weight excluding hydrogens is 436 g/mol. The Morgan fingerprint density at radius 2 is 1.68 bits per heavy atom. The van der Waals surface area contributed by atoms with Gasteiger partial charge in [-0.1, -0.05) is 37.3 Å². The number of sulfone groups is 1. The number of piperidine rings is 1. The summed E-state index contributed by atoms with van der Waals surface area (Å²) in [5.74, 6) is -0.622. The van der Waals surface area contributed by atoms with Gasteiger partial charge in [0.2, 0.25) is 15.9 Å². The number of benzene rings is 2. The highest BCUT2D eigenvalue weighted by Crippen LogP contribution is 2.25. The van der Waals surface area contributed by atoms with Gasteiger partial charge in [0.15, 0.2) is 9.84 Å². The second-order valence-electron chi connectivity index (χ2n) is 7.83. The van der Waals surface area contributed by atoms with Gasteiger partial charge in [0, 0.05) is 19.3 Å². The topological polar surface area (TPSA) is 101 Å². The maximum Gasteiger partial charge on any atom is 0.243 e. The zero-order chi connectivity index (χ0) is 22.6. The molecule has 3 rings (SSSR count). The van der Waals surface area contributed by atoms with E-state index < -0.39 is 25.8 Å². The van der Waals surface area contributed by atoms with E-state index in [9.17, 15) is 21.6 Å². The molecule has 1 N–H and O–H groups in total. The number of rotatable bonds is 7. The molecule has 0 aromatic heterocycles. The van der Waals surface area contributed by atoms with Crippen molar-refractivity contribution in [2.24, 2.45) is 5.92 Å². The Bertz CT molecular complexity index is 1110. The molecule has 0 bridgehead atoms. The minimum Gasteiger partial charge on any atom is -0.349 e. The molecule has 31 heavy (non-hydrogen) atoms. The van der Waals surface area contributed by atoms with Gasteiger partial charge in [-0.25, -0.2) is 16.8 Å². The largest absolute Gasteiger partial charge is 0.349 e. The Morgan fingerprint density at radius 1 is 1.03 bits per heavy atom. The predicted octanol–water partition coefficient (Wildman–Crippen LogP) is 2.76. The smallest absolute Gasteiger partial charge is 0.243 e. The van der Waals surface area contributed by atoms with Crippen molar-refractivity contribution in [1.29, 1.82) is 0 Å². The minimum atomic E-state index is -3.64. The van der Waals surface area contributed by atoms with E-state index in [1.807, 2.05) is 6.92 Å². The summed E-state index contributed by atoms with van der Waals surface area (Å²) in [7, 11) is -6.92. The molecule has 1 fully saturated rings. The summed E-state index contributed by atoms with van der Waals surface area (Å²) < 4.78 is 50.5. The molecule has 0 radical (unpaired) electrons. The minimum absolute atomic E-state index is 0.145. The Kier molecular flexibility index (Phi) is 7.18. The maximum atomic E-state index is 12.9. The van der Waals surface area contributed by atoms with E-state index in [0.717, 1.165) is 11.8 Å². The number of carbonyl (C=O) groups is 1. The van der Waals surface area contributed by atoms with Gasteiger partial charge in [0.25, 0.3) is 0 Å². The van der Waals surface area contributed by atoms with Gasteiger partial charge in [0.1, 0.15) is 0 Å². The first-order chi connectivity index (χ1) is 14.6. The molecule has 0 spiro atoms. The van der Waals surface area contributed by atoms with Gasteiger partial charge in [0.05, 0.1) is 21.8 Å². The summed E-state index contributed by atoms with van der Waals surface area (Å²) in [4.78, 5) is 13.4. The fourth-order valence-electron chi connectivity index (χ4n) is 3.77. The number of sulfonamides is 1. The van der Waals surface area contributed by atoms with Crippen LogP contribution in [0.4, 0.5) is 0 Å². The molecule has 2 aromatic carbocycles. The van der Waals surface area contributed by atoms with E-state index in [1.165, 1.54) is 16.4 Å². The first-order valence-electron chi connectivity index (χ1n) is 10.3. The number of hydrogen-bond donors (Lipinski definition) is 1. The Balaban J connectivity index is 1.70. The van der Waals surface area contributed by atoms with E-state index in [-0.39, 0.29) is 28.3 Å². The van der Waals surface area contributed by atoms with Crippen LogP contribution >= 0.6 is 0 Å². The SMILES string of the molecule is CC[C@@H](NC(=O)[C@H]1CCCN(S(=O)(=O)c2ccccc2)C1)c1ccc(S(C)(=O)=O)cc1. The molecule has 1 heterocycles. The number of nitrogens with zero attached hydrogens (tertiary/aromatic N) is 1. The molecule has 1 aliphatic rings. The van der Waals surface area contributed by atoms with Crippen LogP contribution in [0.2, 0.25) is 0 Å². The van der Waals surface area contributed by atoms with Gasteiger partial charge < -0.3 is 5.32 Å². The Labute approximate surface area is 184 Å². The lowest BCUT2D eigenvalue weighted by Crippen LogP contribution is -2.46. The van der Waals surface area contributed by atoms with Crippen LogP contribution in [0, 0.1) is 5.92 Å². The second-order valence-corrected chi connectivity index (χ2v) is 11.8. The third-order valence-electron chi connectivity index (χ3n) is 5.57. The second kappa shape index (κ2) is 9.50. The van der Waals surface area contributed by atoms with Crippen LogP contribution in [0.3, 0.4) is 0 Å². The van der Waals surface area contributed by atoms with Gasteiger partial charge >= 0.3 is 0 Å². The van der Waals surface area contributed by atoms with Crippen LogP contribution in [0.5, 0.6) is 0 Å². The molecule has 2 atom stereocenters. The molecule has 0 aliphatic carbocycles. The quantitative estimate of drug-likeness (QED) is 0.679. The number of carbonyl (C=O) groups excluding carboxylic acids is 1. The van der Waals surface area contributed by atoms with Crippen LogP contribution < -0.4 is 5.32 Å². The van der Waals surface area contributed by atoms with Gasteiger partial charge in [-0.2, -0.15) is 4.31 Å². The molecule has 1 saturated heterocycles. The van der Waals surface area contributed by atoms with E-state index in [1.54, 1.807) is 42.5 Å². The van der Waals surface area contributed by atoms with Crippen molar-refractivity contribution >= 4 is 25.8 Å². The lowest BCUT2D eigenvalue weighted by Gasteiger charge is -2.32. The molecule has 1 amide bonds. The van der Waals surface area contributed by atoms with E-state index in [0.29, 0.717) is 25.8 Å². The zero-order valence-electron chi connectivity index (χ0n) is 17.7. The van der Waals surface area contributed by atoms with Gasteiger partial charge in [-0.05, 0) is 49.1 Å². The van der Waals surface area contributed by atoms with Crippen molar-refractivity contribution in [1.82, 2.24) is 9.62 Å². The summed E-state index contributed by atoms with van der Waals surface area (Å²) in [6.07, 6.45) is 3.02. The van der Waals surface area contributed by atoms with Crippen LogP contribution in [-0.4, -0.2) is 46.4 Å². The van der Waals surface area contributed by atoms with Crippen LogP contribution in [-0.2, 0) is 24.7 Å². The van der Waals surface area contributed by atoms with Crippen molar-refractivity contribution in [3.05, 3.63) is 60.2 Å². The average molecular weight is 465 g/mol. The lowest BCUT2D eigenvalue weighted by atomic mass is 9.97. The molecule has 7 nitrogen and oxygen atoms in total. The summed E-state index contributed by atoms with van der Waals surface area (Å²) in [6, 6.07) is 14.5. The third kappa shape index (κ3) is 5.53. The van der Waals surface area contributed by atoms with Gasteiger partial charge in [-0.15, -0.1) is 0 Å². The molecular formula is C22H28N2O5S2. The highest BCUT2D eigenvalue weighted by atomic mass is 32.2. The third-order valence-corrected chi connectivity index (χ3v) is 8.58. The van der Waals surface area contributed by atoms with E-state index >= 15 is 0 Å². The molecule has 0 saturated carbocycles. The molecule has 0 unspecified atom stereocenters. The first-order valence-corrected chi connectivity index (χ1v) is 13.6. The fourth-order valence-corrected chi connectivity index (χ4v) is 5.95. The van der Waals surface area contributed by atoms with Crippen molar-refractivity contribution in [3.8, 4) is 0 Å². The average Bonchev–Trinajstić information content (AvgIpc) is 2.77. The molecule has 168 valence electrons. The van der Waals surface area contributed by atoms with Crippen LogP contribution in [0.25, 0.3) is 0 Å². The molecule has 1 aliphatic heterocycles. The Hall–Kier alpha value is -2.23. The zero-order valence-corrected chi connectivity index (χ0v) is 19.3. The normalized spacial score (nSPS) is 19.0. The summed E-state index contributed by atoms with van der Waals surface area (Å²) >= 11 is 0. The van der Waals surface area contributed by atoms with Gasteiger partial charge in [-0.3, -0.25) is 4.79 Å². The number of hydrogen-bond acceptors (Lipinski definition) is 5. The summed E-state index contributed by atoms with van der Waals surface area (Å²) in [6.45, 7) is 2.47.